The number of carbonyl (C=O) groups excluding carboxylic acids is 3. The lowest BCUT2D eigenvalue weighted by Gasteiger charge is -2.13. The summed E-state index contributed by atoms with van der Waals surface area (Å²) in [7, 11) is 0. The third kappa shape index (κ3) is 6.70. The molecule has 2 N–H and O–H groups in total. The van der Waals surface area contributed by atoms with Gasteiger partial charge in [-0.05, 0) is 56.4 Å². The highest BCUT2D eigenvalue weighted by Gasteiger charge is 2.10. The maximum absolute atomic E-state index is 11.8. The molecule has 1 aromatic carbocycles. The summed E-state index contributed by atoms with van der Waals surface area (Å²) >= 11 is 0. The van der Waals surface area contributed by atoms with Crippen LogP contribution < -0.4 is 15.4 Å². The van der Waals surface area contributed by atoms with E-state index in [0.29, 0.717) is 24.3 Å². The van der Waals surface area contributed by atoms with Crippen LogP contribution in [-0.4, -0.2) is 30.9 Å². The summed E-state index contributed by atoms with van der Waals surface area (Å²) in [6.07, 6.45) is 8.16. The Morgan fingerprint density at radius 1 is 1.12 bits per heavy atom. The van der Waals surface area contributed by atoms with E-state index in [9.17, 15) is 14.4 Å². The molecule has 26 heavy (non-hydrogen) atoms. The van der Waals surface area contributed by atoms with Gasteiger partial charge in [0.05, 0.1) is 0 Å². The molecule has 1 aromatic rings. The van der Waals surface area contributed by atoms with Gasteiger partial charge in [0.25, 0.3) is 5.91 Å². The van der Waals surface area contributed by atoms with Crippen LogP contribution in [0.2, 0.25) is 0 Å². The highest BCUT2D eigenvalue weighted by atomic mass is 16.5. The fourth-order valence-corrected chi connectivity index (χ4v) is 2.77. The van der Waals surface area contributed by atoms with Crippen LogP contribution in [0.15, 0.2) is 35.9 Å². The van der Waals surface area contributed by atoms with Crippen molar-refractivity contribution in [2.75, 3.05) is 13.2 Å². The lowest BCUT2D eigenvalue weighted by Crippen LogP contribution is -2.42. The monoisotopic (exact) mass is 358 g/mol. The van der Waals surface area contributed by atoms with E-state index in [2.05, 4.69) is 16.7 Å². The van der Waals surface area contributed by atoms with Crippen LogP contribution in [0.5, 0.6) is 5.75 Å². The minimum absolute atomic E-state index is 0.0509. The average molecular weight is 358 g/mol. The molecule has 1 aliphatic carbocycles. The molecule has 0 saturated carbocycles. The molecule has 0 atom stereocenters. The van der Waals surface area contributed by atoms with Crippen molar-refractivity contribution >= 4 is 17.7 Å². The molecule has 2 rings (SSSR count). The van der Waals surface area contributed by atoms with Gasteiger partial charge >= 0.3 is 6.03 Å². The number of hydrogen-bond acceptors (Lipinski definition) is 4. The predicted molar refractivity (Wildman–Crippen MR) is 99.3 cm³/mol. The lowest BCUT2D eigenvalue weighted by atomic mass is 9.97. The zero-order valence-electron chi connectivity index (χ0n) is 15.2. The van der Waals surface area contributed by atoms with Crippen LogP contribution in [0, 0.1) is 0 Å². The van der Waals surface area contributed by atoms with E-state index in [1.165, 1.54) is 18.4 Å². The maximum Gasteiger partial charge on any atom is 0.321 e. The number of Topliss-reactive ketones (excluding diaryl/α,β-unsaturated/α-hetero) is 1. The predicted octanol–water partition coefficient (Wildman–Crippen LogP) is 3.37. The molecule has 0 spiro atoms. The second-order valence-electron chi connectivity index (χ2n) is 6.25. The number of allylic oxidation sites excluding steroid dienone is 1. The molecular formula is C20H26N2O4. The Hall–Kier alpha value is -2.63. The van der Waals surface area contributed by atoms with Gasteiger partial charge in [0.15, 0.2) is 12.4 Å². The van der Waals surface area contributed by atoms with Crippen LogP contribution >= 0.6 is 0 Å². The Labute approximate surface area is 154 Å². The van der Waals surface area contributed by atoms with Crippen LogP contribution in [0.4, 0.5) is 4.79 Å². The van der Waals surface area contributed by atoms with Crippen LogP contribution in [0.25, 0.3) is 0 Å². The van der Waals surface area contributed by atoms with E-state index in [1.807, 2.05) is 0 Å². The molecule has 0 unspecified atom stereocenters. The molecule has 0 fully saturated rings. The van der Waals surface area contributed by atoms with E-state index < -0.39 is 11.9 Å². The van der Waals surface area contributed by atoms with Crippen molar-refractivity contribution in [3.05, 3.63) is 41.5 Å². The molecule has 0 bridgehead atoms. The van der Waals surface area contributed by atoms with Gasteiger partial charge in [-0.25, -0.2) is 4.79 Å². The number of ether oxygens (including phenoxy) is 1. The number of rotatable bonds is 8. The molecule has 3 amide bonds. The number of ketones is 1. The summed E-state index contributed by atoms with van der Waals surface area (Å²) < 4.78 is 5.32. The van der Waals surface area contributed by atoms with Crippen molar-refractivity contribution in [1.82, 2.24) is 10.6 Å². The highest BCUT2D eigenvalue weighted by molar-refractivity contribution is 5.96. The number of hydrogen-bond donors (Lipinski definition) is 2. The number of benzene rings is 1. The molecule has 0 aromatic heterocycles. The topological polar surface area (TPSA) is 84.5 Å². The first-order valence-electron chi connectivity index (χ1n) is 9.10. The molecule has 6 nitrogen and oxygen atoms in total. The summed E-state index contributed by atoms with van der Waals surface area (Å²) in [6.45, 7) is 2.05. The summed E-state index contributed by atoms with van der Waals surface area (Å²) in [5, 5.41) is 4.92. The molecule has 6 heteroatoms. The van der Waals surface area contributed by atoms with Crippen molar-refractivity contribution in [3.8, 4) is 5.75 Å². The molecule has 1 aliphatic rings. The van der Waals surface area contributed by atoms with Gasteiger partial charge in [-0.1, -0.05) is 18.6 Å². The van der Waals surface area contributed by atoms with Crippen molar-refractivity contribution in [2.45, 2.75) is 45.4 Å². The average Bonchev–Trinajstić information content (AvgIpc) is 2.67. The van der Waals surface area contributed by atoms with Crippen molar-refractivity contribution in [3.63, 3.8) is 0 Å². The Balaban J connectivity index is 1.65. The van der Waals surface area contributed by atoms with Crippen molar-refractivity contribution in [1.29, 1.82) is 0 Å². The summed E-state index contributed by atoms with van der Waals surface area (Å²) in [5.74, 6) is 0.000457. The number of nitrogens with one attached hydrogen (secondary N) is 2. The Bertz CT molecular complexity index is 665. The lowest BCUT2D eigenvalue weighted by molar-refractivity contribution is -0.122. The van der Waals surface area contributed by atoms with Gasteiger partial charge in [0, 0.05) is 18.5 Å². The van der Waals surface area contributed by atoms with Gasteiger partial charge in [-0.2, -0.15) is 0 Å². The van der Waals surface area contributed by atoms with Gasteiger partial charge in [0.2, 0.25) is 0 Å². The van der Waals surface area contributed by atoms with E-state index in [0.717, 1.165) is 19.3 Å². The van der Waals surface area contributed by atoms with E-state index in [4.69, 9.17) is 4.74 Å². The number of imide groups is 1. The van der Waals surface area contributed by atoms with Gasteiger partial charge < -0.3 is 10.1 Å². The molecular weight excluding hydrogens is 332 g/mol. The second-order valence-corrected chi connectivity index (χ2v) is 6.25. The highest BCUT2D eigenvalue weighted by Crippen LogP contribution is 2.19. The third-order valence-corrected chi connectivity index (χ3v) is 4.24. The standard InChI is InChI=1S/C20H26N2O4/c1-2-18(23)16-8-10-17(11-9-16)26-14-19(24)22-20(25)21-13-12-15-6-4-3-5-7-15/h6,8-11H,2-5,7,12-14H2,1H3,(H2,21,22,24,25). The SMILES string of the molecule is CCC(=O)c1ccc(OCC(=O)NC(=O)NCCC2=CCCCC2)cc1. The second kappa shape index (κ2) is 10.4. The summed E-state index contributed by atoms with van der Waals surface area (Å²) in [5.41, 5.74) is 1.98. The maximum atomic E-state index is 11.8. The largest absolute Gasteiger partial charge is 0.484 e. The first kappa shape index (κ1) is 19.7. The van der Waals surface area contributed by atoms with E-state index >= 15 is 0 Å². The fourth-order valence-electron chi connectivity index (χ4n) is 2.77. The molecule has 140 valence electrons. The quantitative estimate of drug-likeness (QED) is 0.551. The van der Waals surface area contributed by atoms with Gasteiger partial charge in [-0.15, -0.1) is 0 Å². The van der Waals surface area contributed by atoms with Crippen LogP contribution in [0.3, 0.4) is 0 Å². The first-order chi connectivity index (χ1) is 12.6. The molecule has 0 aliphatic heterocycles. The summed E-state index contributed by atoms with van der Waals surface area (Å²) in [6, 6.07) is 6.07. The Morgan fingerprint density at radius 2 is 1.88 bits per heavy atom. The Kier molecular flexibility index (Phi) is 7.86. The zero-order chi connectivity index (χ0) is 18.8. The van der Waals surface area contributed by atoms with E-state index in [1.54, 1.807) is 31.2 Å². The van der Waals surface area contributed by atoms with Crippen LogP contribution in [-0.2, 0) is 4.79 Å². The third-order valence-electron chi connectivity index (χ3n) is 4.24. The van der Waals surface area contributed by atoms with Gasteiger partial charge in [-0.3, -0.25) is 14.9 Å². The van der Waals surface area contributed by atoms with Crippen molar-refractivity contribution in [2.24, 2.45) is 0 Å². The minimum Gasteiger partial charge on any atom is -0.484 e. The number of amides is 3. The number of urea groups is 1. The molecule has 0 radical (unpaired) electrons. The van der Waals surface area contributed by atoms with E-state index in [-0.39, 0.29) is 12.4 Å². The first-order valence-corrected chi connectivity index (χ1v) is 9.10. The van der Waals surface area contributed by atoms with Crippen LogP contribution in [0.1, 0.15) is 55.8 Å². The van der Waals surface area contributed by atoms with Crippen molar-refractivity contribution < 1.29 is 19.1 Å². The smallest absolute Gasteiger partial charge is 0.321 e. The Morgan fingerprint density at radius 3 is 2.54 bits per heavy atom. The molecule has 0 saturated heterocycles. The normalized spacial score (nSPS) is 13.5. The fraction of sp³-hybridized carbons (Fsp3) is 0.450. The zero-order valence-corrected chi connectivity index (χ0v) is 15.2. The van der Waals surface area contributed by atoms with Gasteiger partial charge in [0.1, 0.15) is 5.75 Å². The number of carbonyl (C=O) groups is 3. The molecule has 0 heterocycles. The minimum atomic E-state index is -0.520. The summed E-state index contributed by atoms with van der Waals surface area (Å²) in [4.78, 5) is 35.0.